The van der Waals surface area contributed by atoms with Crippen LogP contribution < -0.4 is 0 Å². The summed E-state index contributed by atoms with van der Waals surface area (Å²) in [5, 5.41) is 8.35. The molecular formula is C4H7BrO. The highest BCUT2D eigenvalue weighted by Gasteiger charge is 2.33. The van der Waals surface area contributed by atoms with Gasteiger partial charge in [-0.15, -0.1) is 0 Å². The fourth-order valence-corrected chi connectivity index (χ4v) is 1.05. The van der Waals surface area contributed by atoms with Gasteiger partial charge in [0.1, 0.15) is 0 Å². The van der Waals surface area contributed by atoms with Gasteiger partial charge in [0.15, 0.2) is 0 Å². The molecule has 0 aromatic carbocycles. The third-order valence-corrected chi connectivity index (χ3v) is 2.19. The molecule has 1 nitrogen and oxygen atoms in total. The van der Waals surface area contributed by atoms with Gasteiger partial charge in [-0.1, -0.05) is 15.9 Å². The van der Waals surface area contributed by atoms with Crippen molar-refractivity contribution in [3.63, 3.8) is 0 Å². The molecule has 6 heavy (non-hydrogen) atoms. The maximum absolute atomic E-state index is 8.35. The number of hydrogen-bond acceptors (Lipinski definition) is 1. The molecule has 0 unspecified atom stereocenters. The third-order valence-electron chi connectivity index (χ3n) is 1.07. The van der Waals surface area contributed by atoms with Crippen LogP contribution in [-0.2, 0) is 0 Å². The summed E-state index contributed by atoms with van der Waals surface area (Å²) in [6.07, 6.45) is 1.16. The Morgan fingerprint density at radius 3 is 2.33 bits per heavy atom. The van der Waals surface area contributed by atoms with Crippen LogP contribution in [0.2, 0.25) is 0 Å². The molecule has 0 aromatic rings. The molecule has 1 N–H and O–H groups in total. The molecule has 1 saturated carbocycles. The number of aliphatic hydroxyl groups is 1. The average Bonchev–Trinajstić information content (AvgIpc) is 2.19. The van der Waals surface area contributed by atoms with Crippen molar-refractivity contribution in [2.24, 2.45) is 5.92 Å². The van der Waals surface area contributed by atoms with E-state index in [0.29, 0.717) is 17.4 Å². The van der Waals surface area contributed by atoms with Crippen LogP contribution >= 0.6 is 15.9 Å². The van der Waals surface area contributed by atoms with Gasteiger partial charge in [-0.2, -0.15) is 0 Å². The zero-order valence-corrected chi connectivity index (χ0v) is 4.98. The van der Waals surface area contributed by atoms with Crippen molar-refractivity contribution >= 4 is 15.9 Å². The van der Waals surface area contributed by atoms with Gasteiger partial charge in [-0.25, -0.2) is 0 Å². The topological polar surface area (TPSA) is 20.2 Å². The second-order valence-electron chi connectivity index (χ2n) is 1.69. The van der Waals surface area contributed by atoms with Gasteiger partial charge in [0.05, 0.1) is 0 Å². The van der Waals surface area contributed by atoms with Gasteiger partial charge >= 0.3 is 0 Å². The number of halogens is 1. The van der Waals surface area contributed by atoms with E-state index < -0.39 is 0 Å². The lowest BCUT2D eigenvalue weighted by atomic mass is 10.5. The van der Waals surface area contributed by atoms with E-state index >= 15 is 0 Å². The molecule has 1 aliphatic rings. The first kappa shape index (κ1) is 4.60. The SMILES string of the molecule is OC[C@@H]1C[C@@H]1Br. The summed E-state index contributed by atoms with van der Waals surface area (Å²) < 4.78 is 0. The monoisotopic (exact) mass is 150 g/mol. The predicted molar refractivity (Wildman–Crippen MR) is 27.9 cm³/mol. The van der Waals surface area contributed by atoms with Crippen LogP contribution in [-0.4, -0.2) is 16.5 Å². The molecule has 2 heteroatoms. The van der Waals surface area contributed by atoms with Crippen molar-refractivity contribution in [2.75, 3.05) is 6.61 Å². The molecule has 0 amide bonds. The Labute approximate surface area is 45.5 Å². The Morgan fingerprint density at radius 2 is 2.33 bits per heavy atom. The van der Waals surface area contributed by atoms with E-state index in [4.69, 9.17) is 5.11 Å². The summed E-state index contributed by atoms with van der Waals surface area (Å²) in [4.78, 5) is 0.627. The second-order valence-corrected chi connectivity index (χ2v) is 2.87. The van der Waals surface area contributed by atoms with E-state index in [-0.39, 0.29) is 0 Å². The molecule has 1 fully saturated rings. The Morgan fingerprint density at radius 1 is 1.83 bits per heavy atom. The highest BCUT2D eigenvalue weighted by atomic mass is 79.9. The van der Waals surface area contributed by atoms with Crippen LogP contribution in [0, 0.1) is 5.92 Å². The van der Waals surface area contributed by atoms with Gasteiger partial charge in [0, 0.05) is 11.4 Å². The fourth-order valence-electron chi connectivity index (χ4n) is 0.400. The van der Waals surface area contributed by atoms with Crippen LogP contribution in [0.25, 0.3) is 0 Å². The molecule has 1 rings (SSSR count). The Bertz CT molecular complexity index is 53.5. The summed E-state index contributed by atoms with van der Waals surface area (Å²) in [6.45, 7) is 0.357. The van der Waals surface area contributed by atoms with Gasteiger partial charge in [0.2, 0.25) is 0 Å². The fraction of sp³-hybridized carbons (Fsp3) is 1.00. The molecule has 0 heterocycles. The maximum Gasteiger partial charge on any atom is 0.0470 e. The molecule has 0 spiro atoms. The van der Waals surface area contributed by atoms with E-state index in [9.17, 15) is 0 Å². The molecule has 0 saturated heterocycles. The first-order valence-corrected chi connectivity index (χ1v) is 3.01. The highest BCUT2D eigenvalue weighted by Crippen LogP contribution is 2.36. The minimum atomic E-state index is 0.357. The van der Waals surface area contributed by atoms with Gasteiger partial charge in [0.25, 0.3) is 0 Å². The lowest BCUT2D eigenvalue weighted by Gasteiger charge is -1.78. The van der Waals surface area contributed by atoms with Gasteiger partial charge in [-0.05, 0) is 12.3 Å². The molecule has 0 bridgehead atoms. The second kappa shape index (κ2) is 1.51. The van der Waals surface area contributed by atoms with Crippen molar-refractivity contribution < 1.29 is 5.11 Å². The molecule has 1 aliphatic carbocycles. The molecule has 0 aliphatic heterocycles. The van der Waals surface area contributed by atoms with E-state index in [2.05, 4.69) is 15.9 Å². The van der Waals surface area contributed by atoms with Crippen molar-refractivity contribution in [1.82, 2.24) is 0 Å². The smallest absolute Gasteiger partial charge is 0.0470 e. The zero-order chi connectivity index (χ0) is 4.57. The quantitative estimate of drug-likeness (QED) is 0.548. The summed E-state index contributed by atoms with van der Waals surface area (Å²) >= 11 is 3.35. The predicted octanol–water partition coefficient (Wildman–Crippen LogP) is 0.762. The summed E-state index contributed by atoms with van der Waals surface area (Å²) in [5.41, 5.74) is 0. The summed E-state index contributed by atoms with van der Waals surface area (Å²) in [5.74, 6) is 0.574. The number of rotatable bonds is 1. The minimum Gasteiger partial charge on any atom is -0.396 e. The zero-order valence-electron chi connectivity index (χ0n) is 3.39. The number of hydrogen-bond donors (Lipinski definition) is 1. The van der Waals surface area contributed by atoms with Crippen molar-refractivity contribution in [2.45, 2.75) is 11.2 Å². The summed E-state index contributed by atoms with van der Waals surface area (Å²) in [7, 11) is 0. The number of alkyl halides is 1. The van der Waals surface area contributed by atoms with Crippen molar-refractivity contribution in [3.05, 3.63) is 0 Å². The van der Waals surface area contributed by atoms with E-state index in [1.165, 1.54) is 0 Å². The van der Waals surface area contributed by atoms with E-state index in [1.807, 2.05) is 0 Å². The lowest BCUT2D eigenvalue weighted by molar-refractivity contribution is 0.277. The van der Waals surface area contributed by atoms with Crippen LogP contribution in [0.4, 0.5) is 0 Å². The van der Waals surface area contributed by atoms with Crippen molar-refractivity contribution in [1.29, 1.82) is 0 Å². The lowest BCUT2D eigenvalue weighted by Crippen LogP contribution is -1.84. The van der Waals surface area contributed by atoms with Crippen LogP contribution in [0.1, 0.15) is 6.42 Å². The average molecular weight is 151 g/mol. The molecule has 0 radical (unpaired) electrons. The van der Waals surface area contributed by atoms with Crippen LogP contribution in [0.15, 0.2) is 0 Å². The van der Waals surface area contributed by atoms with Gasteiger partial charge < -0.3 is 5.11 Å². The minimum absolute atomic E-state index is 0.357. The first-order chi connectivity index (χ1) is 2.84. The number of aliphatic hydroxyl groups excluding tert-OH is 1. The van der Waals surface area contributed by atoms with Crippen LogP contribution in [0.5, 0.6) is 0 Å². The normalized spacial score (nSPS) is 43.0. The molecule has 0 aromatic heterocycles. The summed E-state index contributed by atoms with van der Waals surface area (Å²) in [6, 6.07) is 0. The molecule has 36 valence electrons. The standard InChI is InChI=1S/C4H7BrO/c5-4-1-3(4)2-6/h3-4,6H,1-2H2/t3-,4-/m0/s1. The largest absolute Gasteiger partial charge is 0.396 e. The Hall–Kier alpha value is 0.440. The van der Waals surface area contributed by atoms with Crippen molar-refractivity contribution in [3.8, 4) is 0 Å². The van der Waals surface area contributed by atoms with E-state index in [0.717, 1.165) is 6.42 Å². The maximum atomic E-state index is 8.35. The molecule has 2 atom stereocenters. The highest BCUT2D eigenvalue weighted by molar-refractivity contribution is 9.09. The Kier molecular flexibility index (Phi) is 1.15. The first-order valence-electron chi connectivity index (χ1n) is 2.09. The Balaban J connectivity index is 2.09. The van der Waals surface area contributed by atoms with E-state index in [1.54, 1.807) is 0 Å². The third kappa shape index (κ3) is 0.738. The van der Waals surface area contributed by atoms with Crippen LogP contribution in [0.3, 0.4) is 0 Å². The molecular weight excluding hydrogens is 144 g/mol. The van der Waals surface area contributed by atoms with Gasteiger partial charge in [-0.3, -0.25) is 0 Å².